The van der Waals surface area contributed by atoms with E-state index in [1.807, 2.05) is 19.1 Å². The van der Waals surface area contributed by atoms with Crippen LogP contribution in [0.25, 0.3) is 0 Å². The summed E-state index contributed by atoms with van der Waals surface area (Å²) in [5.41, 5.74) is 8.58. The summed E-state index contributed by atoms with van der Waals surface area (Å²) in [6.07, 6.45) is 5.13. The van der Waals surface area contributed by atoms with Crippen molar-refractivity contribution in [3.63, 3.8) is 0 Å². The minimum absolute atomic E-state index is 0.413. The van der Waals surface area contributed by atoms with E-state index in [4.69, 9.17) is 22.1 Å². The van der Waals surface area contributed by atoms with Gasteiger partial charge in [-0.05, 0) is 50.3 Å². The highest BCUT2D eigenvalue weighted by Crippen LogP contribution is 2.26. The molecule has 0 radical (unpaired) electrons. The Balaban J connectivity index is 1.84. The quantitative estimate of drug-likeness (QED) is 0.820. The Labute approximate surface area is 114 Å². The first-order chi connectivity index (χ1) is 8.66. The summed E-state index contributed by atoms with van der Waals surface area (Å²) in [5.74, 6) is 0. The summed E-state index contributed by atoms with van der Waals surface area (Å²) in [6, 6.07) is 3.80. The lowest BCUT2D eigenvalue weighted by molar-refractivity contribution is 0.0134. The first-order valence-corrected chi connectivity index (χ1v) is 6.95. The highest BCUT2D eigenvalue weighted by atomic mass is 35.5. The van der Waals surface area contributed by atoms with Gasteiger partial charge in [0.25, 0.3) is 0 Å². The van der Waals surface area contributed by atoms with Crippen LogP contribution in [0.5, 0.6) is 0 Å². The molecule has 0 bridgehead atoms. The zero-order chi connectivity index (χ0) is 13.0. The van der Waals surface area contributed by atoms with E-state index in [1.165, 1.54) is 19.3 Å². The van der Waals surface area contributed by atoms with Gasteiger partial charge in [-0.25, -0.2) is 0 Å². The topological polar surface area (TPSA) is 47.3 Å². The third kappa shape index (κ3) is 3.53. The van der Waals surface area contributed by atoms with Crippen LogP contribution in [0.15, 0.2) is 12.1 Å². The van der Waals surface area contributed by atoms with Crippen LogP contribution in [0, 0.1) is 6.92 Å². The average molecular weight is 269 g/mol. The third-order valence-electron chi connectivity index (χ3n) is 3.40. The molecule has 1 atom stereocenters. The van der Waals surface area contributed by atoms with Crippen LogP contribution in [-0.4, -0.2) is 19.3 Å². The van der Waals surface area contributed by atoms with Crippen molar-refractivity contribution in [1.82, 2.24) is 0 Å². The molecule has 1 aliphatic heterocycles. The predicted molar refractivity (Wildman–Crippen MR) is 77.3 cm³/mol. The van der Waals surface area contributed by atoms with Crippen LogP contribution in [0.2, 0.25) is 5.02 Å². The predicted octanol–water partition coefficient (Wildman–Crippen LogP) is 3.60. The fraction of sp³-hybridized carbons (Fsp3) is 0.571. The largest absolute Gasteiger partial charge is 0.398 e. The molecule has 3 N–H and O–H groups in total. The molecule has 100 valence electrons. The van der Waals surface area contributed by atoms with E-state index in [0.717, 1.165) is 30.8 Å². The van der Waals surface area contributed by atoms with Gasteiger partial charge in [-0.3, -0.25) is 0 Å². The van der Waals surface area contributed by atoms with Crippen molar-refractivity contribution in [1.29, 1.82) is 0 Å². The number of nitrogens with one attached hydrogen (secondary N) is 1. The zero-order valence-electron chi connectivity index (χ0n) is 10.8. The van der Waals surface area contributed by atoms with E-state index < -0.39 is 0 Å². The lowest BCUT2D eigenvalue weighted by Gasteiger charge is -2.23. The molecule has 2 rings (SSSR count). The molecule has 1 aromatic carbocycles. The minimum Gasteiger partial charge on any atom is -0.398 e. The smallest absolute Gasteiger partial charge is 0.0656 e. The number of hydrogen-bond acceptors (Lipinski definition) is 3. The number of benzene rings is 1. The second-order valence-corrected chi connectivity index (χ2v) is 5.30. The monoisotopic (exact) mass is 268 g/mol. The molecular formula is C14H21ClN2O. The number of hydrogen-bond donors (Lipinski definition) is 2. The molecule has 1 heterocycles. The molecule has 1 aliphatic rings. The van der Waals surface area contributed by atoms with E-state index in [0.29, 0.717) is 16.8 Å². The van der Waals surface area contributed by atoms with E-state index >= 15 is 0 Å². The first-order valence-electron chi connectivity index (χ1n) is 6.58. The second kappa shape index (κ2) is 6.30. The van der Waals surface area contributed by atoms with Gasteiger partial charge in [0, 0.05) is 18.8 Å². The molecule has 3 nitrogen and oxygen atoms in total. The van der Waals surface area contributed by atoms with Crippen LogP contribution in [-0.2, 0) is 4.74 Å². The van der Waals surface area contributed by atoms with Crippen LogP contribution < -0.4 is 11.1 Å². The maximum atomic E-state index is 6.02. The molecule has 0 saturated carbocycles. The molecule has 4 heteroatoms. The third-order valence-corrected chi connectivity index (χ3v) is 3.73. The van der Waals surface area contributed by atoms with E-state index in [9.17, 15) is 0 Å². The van der Waals surface area contributed by atoms with Crippen molar-refractivity contribution in [2.75, 3.05) is 24.2 Å². The van der Waals surface area contributed by atoms with Crippen molar-refractivity contribution in [2.45, 2.75) is 38.7 Å². The zero-order valence-corrected chi connectivity index (χ0v) is 11.6. The van der Waals surface area contributed by atoms with Gasteiger partial charge in [0.05, 0.1) is 16.8 Å². The first kappa shape index (κ1) is 13.5. The molecule has 0 aliphatic carbocycles. The molecular weight excluding hydrogens is 248 g/mol. The standard InChI is InChI=1S/C14H21ClN2O/c1-10-8-13(16)12(15)9-14(10)17-6-5-11-4-2-3-7-18-11/h8-9,11,17H,2-7,16H2,1H3. The highest BCUT2D eigenvalue weighted by Gasteiger charge is 2.13. The molecule has 0 amide bonds. The van der Waals surface area contributed by atoms with Gasteiger partial charge < -0.3 is 15.8 Å². The molecule has 1 saturated heterocycles. The lowest BCUT2D eigenvalue weighted by Crippen LogP contribution is -2.22. The van der Waals surface area contributed by atoms with Gasteiger partial charge in [0.1, 0.15) is 0 Å². The average Bonchev–Trinajstić information content (AvgIpc) is 2.37. The maximum Gasteiger partial charge on any atom is 0.0656 e. The number of nitrogens with two attached hydrogens (primary N) is 1. The van der Waals surface area contributed by atoms with Gasteiger partial charge in [0.15, 0.2) is 0 Å². The van der Waals surface area contributed by atoms with Gasteiger partial charge in [0.2, 0.25) is 0 Å². The summed E-state index contributed by atoms with van der Waals surface area (Å²) in [7, 11) is 0. The molecule has 1 fully saturated rings. The summed E-state index contributed by atoms with van der Waals surface area (Å²) in [4.78, 5) is 0. The number of rotatable bonds is 4. The summed E-state index contributed by atoms with van der Waals surface area (Å²) < 4.78 is 5.70. The van der Waals surface area contributed by atoms with E-state index in [1.54, 1.807) is 0 Å². The Morgan fingerprint density at radius 1 is 1.44 bits per heavy atom. The molecule has 0 spiro atoms. The number of ether oxygens (including phenoxy) is 1. The highest BCUT2D eigenvalue weighted by molar-refractivity contribution is 6.33. The minimum atomic E-state index is 0.413. The summed E-state index contributed by atoms with van der Waals surface area (Å²) in [5, 5.41) is 4.02. The van der Waals surface area contributed by atoms with Crippen molar-refractivity contribution >= 4 is 23.0 Å². The van der Waals surface area contributed by atoms with Gasteiger partial charge in [-0.1, -0.05) is 11.6 Å². The number of aryl methyl sites for hydroxylation is 1. The molecule has 1 aromatic rings. The Hall–Kier alpha value is -0.930. The normalized spacial score (nSPS) is 19.8. The maximum absolute atomic E-state index is 6.02. The Morgan fingerprint density at radius 3 is 3.00 bits per heavy atom. The van der Waals surface area contributed by atoms with Gasteiger partial charge >= 0.3 is 0 Å². The van der Waals surface area contributed by atoms with Crippen LogP contribution in [0.4, 0.5) is 11.4 Å². The van der Waals surface area contributed by atoms with Crippen molar-refractivity contribution < 1.29 is 4.74 Å². The Kier molecular flexibility index (Phi) is 4.72. The molecule has 18 heavy (non-hydrogen) atoms. The SMILES string of the molecule is Cc1cc(N)c(Cl)cc1NCCC1CCCCO1. The number of halogens is 1. The summed E-state index contributed by atoms with van der Waals surface area (Å²) >= 11 is 6.02. The fourth-order valence-corrected chi connectivity index (χ4v) is 2.46. The van der Waals surface area contributed by atoms with Crippen molar-refractivity contribution in [2.24, 2.45) is 0 Å². The summed E-state index contributed by atoms with van der Waals surface area (Å²) in [6.45, 7) is 3.86. The van der Waals surface area contributed by atoms with Gasteiger partial charge in [-0.2, -0.15) is 0 Å². The van der Waals surface area contributed by atoms with E-state index in [2.05, 4.69) is 5.32 Å². The molecule has 1 unspecified atom stereocenters. The Bertz CT molecular complexity index is 403. The van der Waals surface area contributed by atoms with Crippen LogP contribution >= 0.6 is 11.6 Å². The Morgan fingerprint density at radius 2 is 2.28 bits per heavy atom. The second-order valence-electron chi connectivity index (χ2n) is 4.89. The van der Waals surface area contributed by atoms with Gasteiger partial charge in [-0.15, -0.1) is 0 Å². The fourth-order valence-electron chi connectivity index (χ4n) is 2.30. The van der Waals surface area contributed by atoms with Crippen molar-refractivity contribution in [3.8, 4) is 0 Å². The van der Waals surface area contributed by atoms with E-state index in [-0.39, 0.29) is 0 Å². The van der Waals surface area contributed by atoms with Crippen LogP contribution in [0.1, 0.15) is 31.2 Å². The van der Waals surface area contributed by atoms with Crippen molar-refractivity contribution in [3.05, 3.63) is 22.7 Å². The van der Waals surface area contributed by atoms with Crippen LogP contribution in [0.3, 0.4) is 0 Å². The number of anilines is 2. The number of nitrogen functional groups attached to an aromatic ring is 1. The lowest BCUT2D eigenvalue weighted by atomic mass is 10.1. The molecule has 0 aromatic heterocycles.